The van der Waals surface area contributed by atoms with Crippen LogP contribution in [0.1, 0.15) is 24.0 Å². The van der Waals surface area contributed by atoms with Crippen LogP contribution in [0.15, 0.2) is 78.2 Å². The van der Waals surface area contributed by atoms with Gasteiger partial charge in [-0.1, -0.05) is 78.6 Å². The van der Waals surface area contributed by atoms with Gasteiger partial charge in [-0.05, 0) is 49.0 Å². The van der Waals surface area contributed by atoms with Crippen LogP contribution in [0.2, 0.25) is 0 Å². The summed E-state index contributed by atoms with van der Waals surface area (Å²) in [7, 11) is 0. The van der Waals surface area contributed by atoms with Gasteiger partial charge in [0.05, 0.1) is 10.4 Å². The quantitative estimate of drug-likeness (QED) is 0.240. The third kappa shape index (κ3) is 4.79. The van der Waals surface area contributed by atoms with E-state index >= 15 is 0 Å². The maximum Gasteiger partial charge on any atom is 0.266 e. The highest BCUT2D eigenvalue weighted by atomic mass is 32.2. The third-order valence-electron chi connectivity index (χ3n) is 6.49. The lowest BCUT2D eigenvalue weighted by atomic mass is 9.90. The second kappa shape index (κ2) is 10.1. The van der Waals surface area contributed by atoms with E-state index in [0.29, 0.717) is 21.7 Å². The molecule has 0 bridgehead atoms. The number of thioether (sulfide) groups is 1. The average molecular weight is 486 g/mol. The zero-order valence-corrected chi connectivity index (χ0v) is 20.7. The van der Waals surface area contributed by atoms with Crippen LogP contribution in [0.25, 0.3) is 17.0 Å². The van der Waals surface area contributed by atoms with E-state index < -0.39 is 0 Å². The van der Waals surface area contributed by atoms with Crippen molar-refractivity contribution in [3.63, 3.8) is 0 Å². The number of carbonyl (C=O) groups excluding carboxylic acids is 1. The van der Waals surface area contributed by atoms with Crippen molar-refractivity contribution in [3.8, 4) is 0 Å². The molecule has 0 N–H and O–H groups in total. The van der Waals surface area contributed by atoms with Gasteiger partial charge in [0, 0.05) is 30.6 Å². The molecule has 172 valence electrons. The minimum Gasteiger partial charge on any atom is -0.356 e. The molecule has 0 atom stereocenters. The van der Waals surface area contributed by atoms with Crippen LogP contribution >= 0.6 is 24.0 Å². The van der Waals surface area contributed by atoms with Crippen LogP contribution in [-0.4, -0.2) is 39.7 Å². The van der Waals surface area contributed by atoms with E-state index in [0.717, 1.165) is 54.6 Å². The fraction of sp³-hybridized carbons (Fsp3) is 0.250. The van der Waals surface area contributed by atoms with Gasteiger partial charge in [-0.2, -0.15) is 0 Å². The predicted octanol–water partition coefficient (Wildman–Crippen LogP) is 6.08. The van der Waals surface area contributed by atoms with E-state index in [1.807, 2.05) is 24.3 Å². The number of anilines is 1. The van der Waals surface area contributed by atoms with E-state index in [1.165, 1.54) is 17.3 Å². The number of fused-ring (bicyclic) bond motifs is 1. The normalized spacial score (nSPS) is 18.3. The molecule has 5 rings (SSSR count). The lowest BCUT2D eigenvalue weighted by Gasteiger charge is -2.34. The number of amides is 1. The minimum atomic E-state index is -0.0597. The Kier molecular flexibility index (Phi) is 6.79. The number of carbonyl (C=O) groups is 1. The Balaban J connectivity index is 1.42. The summed E-state index contributed by atoms with van der Waals surface area (Å²) in [6, 6.07) is 21.1. The zero-order chi connectivity index (χ0) is 23.5. The van der Waals surface area contributed by atoms with Gasteiger partial charge in [0.15, 0.2) is 0 Å². The summed E-state index contributed by atoms with van der Waals surface area (Å²) < 4.78 is 0.577. The molecule has 1 amide bonds. The Labute approximate surface area is 210 Å². The van der Waals surface area contributed by atoms with Crippen molar-refractivity contribution in [2.75, 3.05) is 24.5 Å². The molecule has 2 saturated heterocycles. The summed E-state index contributed by atoms with van der Waals surface area (Å²) in [5.41, 5.74) is 3.35. The van der Waals surface area contributed by atoms with Crippen molar-refractivity contribution in [3.05, 3.63) is 89.4 Å². The van der Waals surface area contributed by atoms with Gasteiger partial charge in [0.25, 0.3) is 5.91 Å². The van der Waals surface area contributed by atoms with Gasteiger partial charge in [0.1, 0.15) is 10.1 Å². The van der Waals surface area contributed by atoms with Crippen molar-refractivity contribution in [1.82, 2.24) is 9.88 Å². The number of hydrogen-bond acceptors (Lipinski definition) is 5. The molecular weight excluding hydrogens is 458 g/mol. The molecule has 2 fully saturated rings. The Morgan fingerprint density at radius 1 is 1.09 bits per heavy atom. The van der Waals surface area contributed by atoms with E-state index in [4.69, 9.17) is 17.2 Å². The molecule has 0 unspecified atom stereocenters. The first-order chi connectivity index (χ1) is 16.6. The zero-order valence-electron chi connectivity index (χ0n) is 19.0. The number of rotatable bonds is 6. The van der Waals surface area contributed by atoms with Crippen molar-refractivity contribution in [1.29, 1.82) is 0 Å². The molecule has 0 aliphatic carbocycles. The highest BCUT2D eigenvalue weighted by Crippen LogP contribution is 2.36. The van der Waals surface area contributed by atoms with Crippen LogP contribution in [-0.2, 0) is 11.2 Å². The van der Waals surface area contributed by atoms with E-state index in [1.54, 1.807) is 11.0 Å². The fourth-order valence-corrected chi connectivity index (χ4v) is 5.97. The van der Waals surface area contributed by atoms with Crippen LogP contribution in [0.4, 0.5) is 5.82 Å². The summed E-state index contributed by atoms with van der Waals surface area (Å²) in [5, 5.41) is 1.07. The van der Waals surface area contributed by atoms with Crippen LogP contribution in [0.5, 0.6) is 0 Å². The number of thiocarbonyl (C=S) groups is 1. The highest BCUT2D eigenvalue weighted by molar-refractivity contribution is 8.26. The van der Waals surface area contributed by atoms with Gasteiger partial charge in [-0.3, -0.25) is 9.69 Å². The molecule has 2 aliphatic heterocycles. The average Bonchev–Trinajstić information content (AvgIpc) is 3.12. The predicted molar refractivity (Wildman–Crippen MR) is 147 cm³/mol. The Morgan fingerprint density at radius 3 is 2.59 bits per heavy atom. The topological polar surface area (TPSA) is 36.4 Å². The number of para-hydroxylation sites is 1. The molecule has 3 aromatic rings. The van der Waals surface area contributed by atoms with Crippen molar-refractivity contribution < 1.29 is 4.79 Å². The van der Waals surface area contributed by atoms with Gasteiger partial charge in [-0.25, -0.2) is 4.98 Å². The Hall–Kier alpha value is -2.96. The van der Waals surface area contributed by atoms with Crippen LogP contribution in [0, 0.1) is 5.92 Å². The molecule has 4 nitrogen and oxygen atoms in total. The van der Waals surface area contributed by atoms with Gasteiger partial charge >= 0.3 is 0 Å². The third-order valence-corrected chi connectivity index (χ3v) is 7.86. The largest absolute Gasteiger partial charge is 0.356 e. The number of benzene rings is 2. The van der Waals surface area contributed by atoms with Crippen molar-refractivity contribution >= 4 is 57.0 Å². The first-order valence-electron chi connectivity index (χ1n) is 11.7. The van der Waals surface area contributed by atoms with E-state index in [9.17, 15) is 4.79 Å². The molecule has 6 heteroatoms. The van der Waals surface area contributed by atoms with Gasteiger partial charge < -0.3 is 4.90 Å². The monoisotopic (exact) mass is 485 g/mol. The second-order valence-corrected chi connectivity index (χ2v) is 10.5. The lowest BCUT2D eigenvalue weighted by molar-refractivity contribution is -0.121. The second-order valence-electron chi connectivity index (χ2n) is 8.80. The smallest absolute Gasteiger partial charge is 0.266 e. The number of aromatic nitrogens is 1. The highest BCUT2D eigenvalue weighted by Gasteiger charge is 2.31. The summed E-state index contributed by atoms with van der Waals surface area (Å²) in [6.07, 6.45) is 7.05. The molecule has 2 aromatic carbocycles. The van der Waals surface area contributed by atoms with Crippen molar-refractivity contribution in [2.24, 2.45) is 5.92 Å². The Bertz CT molecular complexity index is 1260. The molecule has 0 spiro atoms. The lowest BCUT2D eigenvalue weighted by Crippen LogP contribution is -2.35. The standard InChI is InChI=1S/C28H27N3OS2/c1-2-14-31-27(32)25(34-28(31)33)19-23-18-22-10-6-7-11-24(22)29-26(23)30-15-12-21(13-16-30)17-20-8-4-3-5-9-20/h2-11,18-19,21H,1,12-17H2/b25-19-. The van der Waals surface area contributed by atoms with Gasteiger partial charge in [-0.15, -0.1) is 6.58 Å². The number of piperidine rings is 1. The summed E-state index contributed by atoms with van der Waals surface area (Å²) in [4.78, 5) is 22.6. The van der Waals surface area contributed by atoms with Crippen molar-refractivity contribution in [2.45, 2.75) is 19.3 Å². The molecule has 0 saturated carbocycles. The SMILES string of the molecule is C=CCN1C(=O)/C(=C/c2cc3ccccc3nc2N2CCC(Cc3ccccc3)CC2)SC1=S. The number of nitrogens with zero attached hydrogens (tertiary/aromatic N) is 3. The molecular formula is C28H27N3OS2. The summed E-state index contributed by atoms with van der Waals surface area (Å²) in [6.45, 7) is 6.09. The fourth-order valence-electron chi connectivity index (χ4n) is 4.71. The minimum absolute atomic E-state index is 0.0597. The Morgan fingerprint density at radius 2 is 1.82 bits per heavy atom. The number of pyridine rings is 1. The van der Waals surface area contributed by atoms with Crippen LogP contribution in [0.3, 0.4) is 0 Å². The molecule has 1 aromatic heterocycles. The first-order valence-corrected chi connectivity index (χ1v) is 12.9. The summed E-state index contributed by atoms with van der Waals surface area (Å²) in [5.74, 6) is 1.57. The maximum absolute atomic E-state index is 12.9. The maximum atomic E-state index is 12.9. The molecule has 3 heterocycles. The van der Waals surface area contributed by atoms with Gasteiger partial charge in [0.2, 0.25) is 0 Å². The van der Waals surface area contributed by atoms with E-state index in [2.05, 4.69) is 53.9 Å². The first kappa shape index (κ1) is 22.8. The molecule has 0 radical (unpaired) electrons. The molecule has 2 aliphatic rings. The number of hydrogen-bond donors (Lipinski definition) is 0. The van der Waals surface area contributed by atoms with E-state index in [-0.39, 0.29) is 5.91 Å². The van der Waals surface area contributed by atoms with Crippen LogP contribution < -0.4 is 4.90 Å². The molecule has 34 heavy (non-hydrogen) atoms. The summed E-state index contributed by atoms with van der Waals surface area (Å²) >= 11 is 6.79.